The second kappa shape index (κ2) is 9.52. The van der Waals surface area contributed by atoms with Crippen molar-refractivity contribution in [2.75, 3.05) is 7.11 Å². The number of carboxylic acid groups (broad SMARTS) is 1. The summed E-state index contributed by atoms with van der Waals surface area (Å²) in [6.45, 7) is 2.03. The molecule has 0 radical (unpaired) electrons. The van der Waals surface area contributed by atoms with Crippen molar-refractivity contribution < 1.29 is 23.8 Å². The van der Waals surface area contributed by atoms with Crippen molar-refractivity contribution in [3.8, 4) is 17.0 Å². The van der Waals surface area contributed by atoms with Crippen molar-refractivity contribution in [3.63, 3.8) is 0 Å². The number of amides is 1. The average molecular weight is 528 g/mol. The zero-order valence-electron chi connectivity index (χ0n) is 21.9. The molecule has 0 saturated heterocycles. The van der Waals surface area contributed by atoms with E-state index in [-0.39, 0.29) is 35.1 Å². The Balaban J connectivity index is 1.21. The molecule has 4 aromatic rings. The minimum atomic E-state index is -0.732. The lowest BCUT2D eigenvalue weighted by atomic mass is 9.50. The van der Waals surface area contributed by atoms with Gasteiger partial charge in [0.2, 0.25) is 5.88 Å². The number of fused-ring (bicyclic) bond motifs is 1. The average Bonchev–Trinajstić information content (AvgIpc) is 3.35. The van der Waals surface area contributed by atoms with Crippen LogP contribution in [0.15, 0.2) is 67.0 Å². The summed E-state index contributed by atoms with van der Waals surface area (Å²) in [6, 6.07) is 16.4. The van der Waals surface area contributed by atoms with Gasteiger partial charge in [-0.2, -0.15) is 0 Å². The fourth-order valence-corrected chi connectivity index (χ4v) is 6.39. The highest BCUT2D eigenvalue weighted by Gasteiger charge is 2.55. The van der Waals surface area contributed by atoms with Crippen LogP contribution in [-0.4, -0.2) is 39.7 Å². The number of aromatic nitrogens is 2. The van der Waals surface area contributed by atoms with Crippen LogP contribution in [0.3, 0.4) is 0 Å². The Labute approximate surface area is 225 Å². The Morgan fingerprint density at radius 2 is 1.77 bits per heavy atom. The van der Waals surface area contributed by atoms with Crippen molar-refractivity contribution in [2.45, 2.75) is 44.7 Å². The molecule has 0 bridgehead atoms. The number of carbonyl (C=O) groups is 2. The first kappa shape index (κ1) is 25.1. The topological polar surface area (TPSA) is 93.5 Å². The highest BCUT2D eigenvalue weighted by molar-refractivity contribution is 6.06. The quantitative estimate of drug-likeness (QED) is 0.315. The number of carbonyl (C=O) groups excluding carboxylic acids is 1. The maximum atomic E-state index is 14.8. The van der Waals surface area contributed by atoms with Crippen LogP contribution >= 0.6 is 0 Å². The van der Waals surface area contributed by atoms with Crippen LogP contribution in [-0.2, 0) is 4.79 Å². The molecular weight excluding hydrogens is 497 g/mol. The fourth-order valence-electron chi connectivity index (χ4n) is 6.39. The zero-order chi connectivity index (χ0) is 27.3. The van der Waals surface area contributed by atoms with Crippen molar-refractivity contribution in [1.82, 2.24) is 14.9 Å². The normalized spacial score (nSPS) is 22.6. The third-order valence-electron chi connectivity index (χ3n) is 8.56. The van der Waals surface area contributed by atoms with Crippen LogP contribution in [0.2, 0.25) is 0 Å². The van der Waals surface area contributed by atoms with E-state index in [9.17, 15) is 19.1 Å². The van der Waals surface area contributed by atoms with E-state index in [0.717, 1.165) is 29.5 Å². The van der Waals surface area contributed by atoms with Gasteiger partial charge in [-0.3, -0.25) is 9.59 Å². The summed E-state index contributed by atoms with van der Waals surface area (Å²) >= 11 is 0. The van der Waals surface area contributed by atoms with E-state index in [1.165, 1.54) is 6.07 Å². The molecule has 2 aromatic heterocycles. The first-order valence-electron chi connectivity index (χ1n) is 13.2. The third kappa shape index (κ3) is 4.43. The molecule has 2 fully saturated rings. The van der Waals surface area contributed by atoms with Gasteiger partial charge in [-0.05, 0) is 73.4 Å². The van der Waals surface area contributed by atoms with Crippen LogP contribution in [0, 0.1) is 17.2 Å². The van der Waals surface area contributed by atoms with E-state index >= 15 is 0 Å². The summed E-state index contributed by atoms with van der Waals surface area (Å²) < 4.78 is 21.9. The molecule has 1 amide bonds. The monoisotopic (exact) mass is 527 g/mol. The Morgan fingerprint density at radius 1 is 1.05 bits per heavy atom. The fraction of sp³-hybridized carbons (Fsp3) is 0.323. The molecule has 2 saturated carbocycles. The van der Waals surface area contributed by atoms with Crippen LogP contribution in [0.1, 0.15) is 54.6 Å². The first-order valence-corrected chi connectivity index (χ1v) is 13.2. The van der Waals surface area contributed by atoms with Gasteiger partial charge in [-0.1, -0.05) is 24.3 Å². The number of methoxy groups -OCH3 is 1. The predicted molar refractivity (Wildman–Crippen MR) is 145 cm³/mol. The number of pyridine rings is 1. The molecule has 0 unspecified atom stereocenters. The minimum Gasteiger partial charge on any atom is -0.481 e. The van der Waals surface area contributed by atoms with Gasteiger partial charge in [0.15, 0.2) is 0 Å². The number of ether oxygens (including phenoxy) is 1. The molecule has 200 valence electrons. The van der Waals surface area contributed by atoms with E-state index in [1.807, 2.05) is 54.1 Å². The number of benzene rings is 2. The molecule has 0 aliphatic heterocycles. The molecule has 7 nitrogen and oxygen atoms in total. The molecule has 1 atom stereocenters. The van der Waals surface area contributed by atoms with E-state index in [4.69, 9.17) is 4.74 Å². The van der Waals surface area contributed by atoms with Gasteiger partial charge in [0.1, 0.15) is 5.82 Å². The maximum Gasteiger partial charge on any atom is 0.306 e. The van der Waals surface area contributed by atoms with Crippen molar-refractivity contribution in [2.24, 2.45) is 11.3 Å². The van der Waals surface area contributed by atoms with Gasteiger partial charge in [0.25, 0.3) is 5.91 Å². The molecule has 2 heterocycles. The van der Waals surface area contributed by atoms with Gasteiger partial charge in [-0.15, -0.1) is 0 Å². The second-order valence-corrected chi connectivity index (χ2v) is 11.0. The number of carboxylic acids is 1. The lowest BCUT2D eigenvalue weighted by Crippen LogP contribution is -2.57. The molecular formula is C31H30FN3O4. The number of nitrogens with one attached hydrogen (secondary N) is 1. The first-order chi connectivity index (χ1) is 18.8. The van der Waals surface area contributed by atoms with Gasteiger partial charge < -0.3 is 19.7 Å². The van der Waals surface area contributed by atoms with Crippen molar-refractivity contribution in [1.29, 1.82) is 0 Å². The SMILES string of the molecule is COc1ccc(-c2ccc([C@H](C)n3ccc4c(F)ccc(C(=O)NC5CC6(C5)CC(C(=O)O)C6)c43)cc2)cn1. The summed E-state index contributed by atoms with van der Waals surface area (Å²) in [7, 11) is 1.58. The summed E-state index contributed by atoms with van der Waals surface area (Å²) in [5.41, 5.74) is 4.06. The largest absolute Gasteiger partial charge is 0.481 e. The maximum absolute atomic E-state index is 14.8. The van der Waals surface area contributed by atoms with Gasteiger partial charge >= 0.3 is 5.97 Å². The smallest absolute Gasteiger partial charge is 0.306 e. The molecule has 1 spiro atoms. The Morgan fingerprint density at radius 3 is 2.41 bits per heavy atom. The number of nitrogens with zero attached hydrogens (tertiary/aromatic N) is 2. The minimum absolute atomic E-state index is 0.00757. The molecule has 2 aromatic carbocycles. The number of rotatable bonds is 7. The summed E-state index contributed by atoms with van der Waals surface area (Å²) in [4.78, 5) is 28.8. The highest BCUT2D eigenvalue weighted by atomic mass is 19.1. The van der Waals surface area contributed by atoms with E-state index in [1.54, 1.807) is 25.4 Å². The third-order valence-corrected chi connectivity index (χ3v) is 8.56. The lowest BCUT2D eigenvalue weighted by Gasteiger charge is -2.56. The van der Waals surface area contributed by atoms with Crippen LogP contribution in [0.4, 0.5) is 4.39 Å². The van der Waals surface area contributed by atoms with Gasteiger partial charge in [-0.25, -0.2) is 9.37 Å². The summed E-state index contributed by atoms with van der Waals surface area (Å²) in [5, 5.41) is 12.7. The Bertz CT molecular complexity index is 1550. The molecule has 6 rings (SSSR count). The number of aliphatic carboxylic acids is 1. The molecule has 2 N–H and O–H groups in total. The van der Waals surface area contributed by atoms with Gasteiger partial charge in [0.05, 0.1) is 30.1 Å². The highest BCUT2D eigenvalue weighted by Crippen LogP contribution is 2.58. The summed E-state index contributed by atoms with van der Waals surface area (Å²) in [5.74, 6) is -1.04. The van der Waals surface area contributed by atoms with E-state index in [0.29, 0.717) is 35.2 Å². The molecule has 39 heavy (non-hydrogen) atoms. The second-order valence-electron chi connectivity index (χ2n) is 11.0. The van der Waals surface area contributed by atoms with E-state index < -0.39 is 5.97 Å². The Hall–Kier alpha value is -4.20. The van der Waals surface area contributed by atoms with Crippen LogP contribution in [0.25, 0.3) is 22.0 Å². The van der Waals surface area contributed by atoms with Crippen molar-refractivity contribution >= 4 is 22.8 Å². The number of hydrogen-bond donors (Lipinski definition) is 2. The molecule has 8 heteroatoms. The van der Waals surface area contributed by atoms with Gasteiger partial charge in [0, 0.05) is 35.5 Å². The Kier molecular flexibility index (Phi) is 6.13. The zero-order valence-corrected chi connectivity index (χ0v) is 21.9. The molecule has 2 aliphatic carbocycles. The summed E-state index contributed by atoms with van der Waals surface area (Å²) in [6.07, 6.45) is 6.55. The van der Waals surface area contributed by atoms with Crippen LogP contribution in [0.5, 0.6) is 5.88 Å². The predicted octanol–water partition coefficient (Wildman–Crippen LogP) is 5.83. The lowest BCUT2D eigenvalue weighted by molar-refractivity contribution is -0.155. The number of halogens is 1. The molecule has 2 aliphatic rings. The van der Waals surface area contributed by atoms with Crippen LogP contribution < -0.4 is 10.1 Å². The standard InChI is InChI=1S/C31H30FN3O4/c1-18(19-3-5-20(6-4-19)21-7-10-27(39-2)33-17-21)35-12-11-24-26(32)9-8-25(28(24)35)29(36)34-23-15-31(16-23)13-22(14-31)30(37)38/h3-12,17-18,22-23H,13-16H2,1-2H3,(H,34,36)(H,37,38)/t18-,22?,23?,31?/m0/s1. The van der Waals surface area contributed by atoms with E-state index in [2.05, 4.69) is 10.3 Å². The van der Waals surface area contributed by atoms with Crippen molar-refractivity contribution in [3.05, 3.63) is 83.9 Å². The number of hydrogen-bond acceptors (Lipinski definition) is 4.